The fourth-order valence-electron chi connectivity index (χ4n) is 2.44. The van der Waals surface area contributed by atoms with Crippen LogP contribution < -0.4 is 10.5 Å². The molecule has 2 heterocycles. The smallest absolute Gasteiger partial charge is 0.242 e. The summed E-state index contributed by atoms with van der Waals surface area (Å²) < 4.78 is 39.9. The van der Waals surface area contributed by atoms with Gasteiger partial charge in [0.05, 0.1) is 30.8 Å². The summed E-state index contributed by atoms with van der Waals surface area (Å²) in [6.45, 7) is 2.04. The molecule has 1 aromatic rings. The molecule has 1 aliphatic heterocycles. The molecule has 3 N–H and O–H groups in total. The van der Waals surface area contributed by atoms with Gasteiger partial charge in [0.15, 0.2) is 0 Å². The van der Waals surface area contributed by atoms with Crippen LogP contribution in [0.15, 0.2) is 17.2 Å². The zero-order valence-corrected chi connectivity index (χ0v) is 12.6. The second-order valence-corrected chi connectivity index (χ2v) is 7.20. The van der Waals surface area contributed by atoms with Crippen molar-refractivity contribution in [3.8, 4) is 0 Å². The van der Waals surface area contributed by atoms with E-state index in [0.29, 0.717) is 32.4 Å². The summed E-state index contributed by atoms with van der Waals surface area (Å²) in [5.74, 6) is 0. The summed E-state index contributed by atoms with van der Waals surface area (Å²) in [4.78, 5) is 0.270. The molecule has 0 amide bonds. The SMILES string of the molecule is NCc1cc(S(=O)(=O)NCC2COCCO2)cn1C1CC1. The molecule has 1 atom stereocenters. The number of nitrogens with one attached hydrogen (secondary N) is 1. The minimum Gasteiger partial charge on any atom is -0.376 e. The van der Waals surface area contributed by atoms with Crippen LogP contribution in [-0.2, 0) is 26.0 Å². The van der Waals surface area contributed by atoms with Crippen LogP contribution in [0.2, 0.25) is 0 Å². The first kappa shape index (κ1) is 15.0. The van der Waals surface area contributed by atoms with Crippen molar-refractivity contribution >= 4 is 10.0 Å². The Morgan fingerprint density at radius 1 is 1.38 bits per heavy atom. The Morgan fingerprint density at radius 3 is 2.81 bits per heavy atom. The molecule has 1 saturated carbocycles. The third-order valence-electron chi connectivity index (χ3n) is 3.75. The maximum Gasteiger partial charge on any atom is 0.242 e. The summed E-state index contributed by atoms with van der Waals surface area (Å²) in [6.07, 6.45) is 3.62. The number of rotatable bonds is 6. The molecule has 21 heavy (non-hydrogen) atoms. The molecule has 0 spiro atoms. The molecular weight excluding hydrogens is 294 g/mol. The molecule has 0 radical (unpaired) electrons. The van der Waals surface area contributed by atoms with Crippen LogP contribution >= 0.6 is 0 Å². The van der Waals surface area contributed by atoms with Gasteiger partial charge >= 0.3 is 0 Å². The molecule has 1 saturated heterocycles. The normalized spacial score (nSPS) is 23.4. The lowest BCUT2D eigenvalue weighted by atomic mass is 10.3. The molecular formula is C13H21N3O4S. The first-order valence-electron chi connectivity index (χ1n) is 7.20. The number of ether oxygens (including phenoxy) is 2. The van der Waals surface area contributed by atoms with Crippen molar-refractivity contribution in [1.29, 1.82) is 0 Å². The highest BCUT2D eigenvalue weighted by molar-refractivity contribution is 7.89. The van der Waals surface area contributed by atoms with E-state index in [1.165, 1.54) is 0 Å². The average Bonchev–Trinajstić information content (AvgIpc) is 3.24. The summed E-state index contributed by atoms with van der Waals surface area (Å²) in [5, 5.41) is 0. The van der Waals surface area contributed by atoms with E-state index in [-0.39, 0.29) is 17.5 Å². The second kappa shape index (κ2) is 6.05. The van der Waals surface area contributed by atoms with Gasteiger partial charge in [-0.25, -0.2) is 13.1 Å². The van der Waals surface area contributed by atoms with E-state index in [4.69, 9.17) is 15.2 Å². The van der Waals surface area contributed by atoms with Crippen LogP contribution in [0.5, 0.6) is 0 Å². The molecule has 1 unspecified atom stereocenters. The number of hydrogen-bond acceptors (Lipinski definition) is 5. The predicted molar refractivity (Wildman–Crippen MR) is 76.3 cm³/mol. The van der Waals surface area contributed by atoms with Crippen molar-refractivity contribution in [2.75, 3.05) is 26.4 Å². The number of nitrogens with two attached hydrogens (primary N) is 1. The van der Waals surface area contributed by atoms with Gasteiger partial charge in [0.25, 0.3) is 0 Å². The van der Waals surface area contributed by atoms with E-state index in [1.807, 2.05) is 4.57 Å². The van der Waals surface area contributed by atoms with Crippen LogP contribution in [-0.4, -0.2) is 45.5 Å². The van der Waals surface area contributed by atoms with Gasteiger partial charge in [-0.2, -0.15) is 0 Å². The van der Waals surface area contributed by atoms with Crippen LogP contribution in [0, 0.1) is 0 Å². The Bertz CT molecular complexity index is 589. The van der Waals surface area contributed by atoms with Crippen molar-refractivity contribution in [3.05, 3.63) is 18.0 Å². The fourth-order valence-corrected chi connectivity index (χ4v) is 3.56. The molecule has 3 rings (SSSR count). The van der Waals surface area contributed by atoms with Crippen LogP contribution in [0.3, 0.4) is 0 Å². The van der Waals surface area contributed by atoms with E-state index >= 15 is 0 Å². The van der Waals surface area contributed by atoms with Gasteiger partial charge in [0.2, 0.25) is 10.0 Å². The van der Waals surface area contributed by atoms with E-state index in [2.05, 4.69) is 4.72 Å². The van der Waals surface area contributed by atoms with Crippen molar-refractivity contribution < 1.29 is 17.9 Å². The number of aromatic nitrogens is 1. The van der Waals surface area contributed by atoms with Gasteiger partial charge in [0.1, 0.15) is 0 Å². The van der Waals surface area contributed by atoms with Crippen LogP contribution in [0.4, 0.5) is 0 Å². The summed E-state index contributed by atoms with van der Waals surface area (Å²) >= 11 is 0. The number of nitrogens with zero attached hydrogens (tertiary/aromatic N) is 1. The highest BCUT2D eigenvalue weighted by Crippen LogP contribution is 2.37. The Balaban J connectivity index is 1.68. The van der Waals surface area contributed by atoms with Crippen LogP contribution in [0.25, 0.3) is 0 Å². The highest BCUT2D eigenvalue weighted by Gasteiger charge is 2.28. The molecule has 1 aliphatic carbocycles. The molecule has 0 aromatic carbocycles. The van der Waals surface area contributed by atoms with E-state index in [0.717, 1.165) is 18.5 Å². The standard InChI is InChI=1S/C13H21N3O4S/c14-6-11-5-13(8-16(11)10-1-2-10)21(17,18)15-7-12-9-19-3-4-20-12/h5,8,10,12,15H,1-4,6-7,9,14H2. The van der Waals surface area contributed by atoms with Crippen molar-refractivity contribution in [2.24, 2.45) is 5.73 Å². The Morgan fingerprint density at radius 2 is 2.19 bits per heavy atom. The Labute approximate surface area is 124 Å². The van der Waals surface area contributed by atoms with E-state index in [9.17, 15) is 8.42 Å². The Hall–Kier alpha value is -0.930. The van der Waals surface area contributed by atoms with Crippen molar-refractivity contribution in [3.63, 3.8) is 0 Å². The molecule has 2 fully saturated rings. The molecule has 7 nitrogen and oxygen atoms in total. The lowest BCUT2D eigenvalue weighted by Crippen LogP contribution is -2.39. The lowest BCUT2D eigenvalue weighted by Gasteiger charge is -2.22. The highest BCUT2D eigenvalue weighted by atomic mass is 32.2. The number of sulfonamides is 1. The summed E-state index contributed by atoms with van der Waals surface area (Å²) in [7, 11) is -3.54. The van der Waals surface area contributed by atoms with E-state index < -0.39 is 10.0 Å². The van der Waals surface area contributed by atoms with Crippen LogP contribution in [0.1, 0.15) is 24.6 Å². The maximum absolute atomic E-state index is 12.3. The first-order valence-corrected chi connectivity index (χ1v) is 8.68. The largest absolute Gasteiger partial charge is 0.376 e. The average molecular weight is 315 g/mol. The minimum absolute atomic E-state index is 0.217. The van der Waals surface area contributed by atoms with Gasteiger partial charge < -0.3 is 19.8 Å². The molecule has 0 bridgehead atoms. The quantitative estimate of drug-likeness (QED) is 0.769. The molecule has 2 aliphatic rings. The van der Waals surface area contributed by atoms with E-state index in [1.54, 1.807) is 12.3 Å². The van der Waals surface area contributed by atoms with Gasteiger partial charge in [-0.3, -0.25) is 0 Å². The summed E-state index contributed by atoms with van der Waals surface area (Å²) in [5.41, 5.74) is 6.55. The summed E-state index contributed by atoms with van der Waals surface area (Å²) in [6, 6.07) is 2.06. The van der Waals surface area contributed by atoms with Crippen molar-refractivity contribution in [1.82, 2.24) is 9.29 Å². The number of hydrogen-bond donors (Lipinski definition) is 2. The second-order valence-electron chi connectivity index (χ2n) is 5.43. The third kappa shape index (κ3) is 3.46. The molecule has 1 aromatic heterocycles. The monoisotopic (exact) mass is 315 g/mol. The topological polar surface area (TPSA) is 95.6 Å². The zero-order valence-electron chi connectivity index (χ0n) is 11.8. The van der Waals surface area contributed by atoms with Gasteiger partial charge in [-0.15, -0.1) is 0 Å². The molecule has 118 valence electrons. The first-order chi connectivity index (χ1) is 10.1. The zero-order chi connectivity index (χ0) is 14.9. The van der Waals surface area contributed by atoms with Crippen molar-refractivity contribution in [2.45, 2.75) is 36.4 Å². The lowest BCUT2D eigenvalue weighted by molar-refractivity contribution is -0.0846. The molecule has 8 heteroatoms. The fraction of sp³-hybridized carbons (Fsp3) is 0.692. The maximum atomic E-state index is 12.3. The predicted octanol–water partition coefficient (Wildman–Crippen LogP) is -0.0246. The van der Waals surface area contributed by atoms with Gasteiger partial charge in [0, 0.05) is 31.0 Å². The minimum atomic E-state index is -3.54. The third-order valence-corrected chi connectivity index (χ3v) is 5.14. The van der Waals surface area contributed by atoms with Gasteiger partial charge in [-0.1, -0.05) is 0 Å². The Kier molecular flexibility index (Phi) is 4.32. The van der Waals surface area contributed by atoms with Gasteiger partial charge in [-0.05, 0) is 18.9 Å².